The van der Waals surface area contributed by atoms with Gasteiger partial charge in [-0.15, -0.1) is 0 Å². The van der Waals surface area contributed by atoms with E-state index in [1.165, 1.54) is 6.08 Å². The number of rotatable bonds is 5. The summed E-state index contributed by atoms with van der Waals surface area (Å²) in [5.41, 5.74) is 1.58. The normalized spacial score (nSPS) is 10.5. The second-order valence-corrected chi connectivity index (χ2v) is 5.03. The maximum atomic E-state index is 11.9. The molecule has 0 aliphatic heterocycles. The Bertz CT molecular complexity index is 813. The number of nitrogens with one attached hydrogen (secondary N) is 1. The van der Waals surface area contributed by atoms with Gasteiger partial charge in [-0.25, -0.2) is 4.98 Å². The largest absolute Gasteiger partial charge is 0.439 e. The van der Waals surface area contributed by atoms with E-state index in [-0.39, 0.29) is 5.91 Å². The number of benzene rings is 2. The number of carbonyl (C=O) groups is 1. The molecule has 4 nitrogen and oxygen atoms in total. The molecule has 0 saturated heterocycles. The standard InChI is InChI=1S/C20H16N2O2/c23-19(22-17-7-3-1-4-8-17)13-11-16-12-14-20(21-15-16)24-18-9-5-2-6-10-18/h1-15H,(H,22,23). The third kappa shape index (κ3) is 4.55. The molecule has 24 heavy (non-hydrogen) atoms. The summed E-state index contributed by atoms with van der Waals surface area (Å²) < 4.78 is 5.62. The molecule has 0 atom stereocenters. The summed E-state index contributed by atoms with van der Waals surface area (Å²) in [6, 6.07) is 22.4. The molecule has 1 heterocycles. The van der Waals surface area contributed by atoms with Crippen molar-refractivity contribution in [2.75, 3.05) is 5.32 Å². The van der Waals surface area contributed by atoms with E-state index in [4.69, 9.17) is 4.74 Å². The van der Waals surface area contributed by atoms with Gasteiger partial charge in [0.2, 0.25) is 11.8 Å². The first-order valence-electron chi connectivity index (χ1n) is 7.53. The fourth-order valence-corrected chi connectivity index (χ4v) is 2.04. The van der Waals surface area contributed by atoms with Crippen LogP contribution in [0.15, 0.2) is 85.1 Å². The summed E-state index contributed by atoms with van der Waals surface area (Å²) in [4.78, 5) is 16.1. The maximum absolute atomic E-state index is 11.9. The minimum absolute atomic E-state index is 0.189. The van der Waals surface area contributed by atoms with Gasteiger partial charge in [-0.2, -0.15) is 0 Å². The summed E-state index contributed by atoms with van der Waals surface area (Å²) in [6.07, 6.45) is 4.84. The van der Waals surface area contributed by atoms with Crippen LogP contribution in [0.1, 0.15) is 5.56 Å². The zero-order valence-electron chi connectivity index (χ0n) is 12.9. The van der Waals surface area contributed by atoms with Gasteiger partial charge in [0.05, 0.1) is 0 Å². The number of anilines is 1. The van der Waals surface area contributed by atoms with Crippen molar-refractivity contribution in [3.63, 3.8) is 0 Å². The van der Waals surface area contributed by atoms with E-state index in [0.717, 1.165) is 17.0 Å². The van der Waals surface area contributed by atoms with Crippen molar-refractivity contribution < 1.29 is 9.53 Å². The van der Waals surface area contributed by atoms with Gasteiger partial charge in [0.15, 0.2) is 0 Å². The molecule has 2 aromatic carbocycles. The molecule has 0 saturated carbocycles. The lowest BCUT2D eigenvalue weighted by Gasteiger charge is -2.04. The Morgan fingerprint density at radius 1 is 0.917 bits per heavy atom. The fraction of sp³-hybridized carbons (Fsp3) is 0. The van der Waals surface area contributed by atoms with Crippen LogP contribution in [0.3, 0.4) is 0 Å². The van der Waals surface area contributed by atoms with Crippen LogP contribution in [0, 0.1) is 0 Å². The van der Waals surface area contributed by atoms with Crippen molar-refractivity contribution in [3.05, 3.63) is 90.6 Å². The van der Waals surface area contributed by atoms with E-state index in [1.54, 1.807) is 18.3 Å². The lowest BCUT2D eigenvalue weighted by molar-refractivity contribution is -0.111. The lowest BCUT2D eigenvalue weighted by Crippen LogP contribution is -2.07. The van der Waals surface area contributed by atoms with E-state index < -0.39 is 0 Å². The monoisotopic (exact) mass is 316 g/mol. The molecule has 1 aromatic heterocycles. The van der Waals surface area contributed by atoms with Crippen molar-refractivity contribution in [3.8, 4) is 11.6 Å². The summed E-state index contributed by atoms with van der Waals surface area (Å²) in [5.74, 6) is 1.05. The zero-order valence-corrected chi connectivity index (χ0v) is 12.9. The van der Waals surface area contributed by atoms with Gasteiger partial charge in [-0.3, -0.25) is 4.79 Å². The molecule has 0 bridgehead atoms. The molecule has 118 valence electrons. The molecule has 0 fully saturated rings. The van der Waals surface area contributed by atoms with Crippen molar-refractivity contribution in [1.82, 2.24) is 4.98 Å². The molecule has 0 radical (unpaired) electrons. The van der Waals surface area contributed by atoms with Crippen LogP contribution < -0.4 is 10.1 Å². The number of nitrogens with zero attached hydrogens (tertiary/aromatic N) is 1. The van der Waals surface area contributed by atoms with E-state index in [2.05, 4.69) is 10.3 Å². The number of ether oxygens (including phenoxy) is 1. The molecule has 1 N–H and O–H groups in total. The van der Waals surface area contributed by atoms with Crippen LogP contribution >= 0.6 is 0 Å². The average Bonchev–Trinajstić information content (AvgIpc) is 2.63. The molecule has 0 aliphatic carbocycles. The maximum Gasteiger partial charge on any atom is 0.248 e. The number of amides is 1. The second kappa shape index (κ2) is 7.74. The molecule has 3 aromatic rings. The number of para-hydroxylation sites is 2. The van der Waals surface area contributed by atoms with E-state index in [1.807, 2.05) is 66.7 Å². The van der Waals surface area contributed by atoms with Crippen molar-refractivity contribution in [2.24, 2.45) is 0 Å². The number of hydrogen-bond acceptors (Lipinski definition) is 3. The van der Waals surface area contributed by atoms with Crippen LogP contribution in [-0.4, -0.2) is 10.9 Å². The van der Waals surface area contributed by atoms with Crippen molar-refractivity contribution >= 4 is 17.7 Å². The highest BCUT2D eigenvalue weighted by molar-refractivity contribution is 6.01. The summed E-state index contributed by atoms with van der Waals surface area (Å²) in [5, 5.41) is 2.79. The van der Waals surface area contributed by atoms with Gasteiger partial charge >= 0.3 is 0 Å². The number of carbonyl (C=O) groups excluding carboxylic acids is 1. The Morgan fingerprint density at radius 2 is 1.62 bits per heavy atom. The van der Waals surface area contributed by atoms with Gasteiger partial charge in [-0.1, -0.05) is 36.4 Å². The van der Waals surface area contributed by atoms with Gasteiger partial charge in [0.1, 0.15) is 5.75 Å². The Morgan fingerprint density at radius 3 is 2.29 bits per heavy atom. The zero-order chi connectivity index (χ0) is 16.6. The third-order valence-electron chi connectivity index (χ3n) is 3.19. The van der Waals surface area contributed by atoms with Crippen molar-refractivity contribution in [2.45, 2.75) is 0 Å². The quantitative estimate of drug-likeness (QED) is 0.704. The molecular formula is C20H16N2O2. The van der Waals surface area contributed by atoms with Gasteiger partial charge in [0.25, 0.3) is 0 Å². The predicted molar refractivity (Wildman–Crippen MR) is 94.9 cm³/mol. The van der Waals surface area contributed by atoms with E-state index in [9.17, 15) is 4.79 Å². The summed E-state index contributed by atoms with van der Waals surface area (Å²) >= 11 is 0. The number of aromatic nitrogens is 1. The Balaban J connectivity index is 1.58. The minimum Gasteiger partial charge on any atom is -0.439 e. The summed E-state index contributed by atoms with van der Waals surface area (Å²) in [7, 11) is 0. The number of pyridine rings is 1. The van der Waals surface area contributed by atoms with Crippen LogP contribution in [0.5, 0.6) is 11.6 Å². The van der Waals surface area contributed by atoms with Gasteiger partial charge in [0, 0.05) is 24.0 Å². The Hall–Kier alpha value is -3.40. The van der Waals surface area contributed by atoms with Crippen LogP contribution in [-0.2, 0) is 4.79 Å². The SMILES string of the molecule is O=C(C=Cc1ccc(Oc2ccccc2)nc1)Nc1ccccc1. The third-order valence-corrected chi connectivity index (χ3v) is 3.19. The molecule has 3 rings (SSSR count). The highest BCUT2D eigenvalue weighted by Gasteiger charge is 1.99. The van der Waals surface area contributed by atoms with Crippen molar-refractivity contribution in [1.29, 1.82) is 0 Å². The lowest BCUT2D eigenvalue weighted by atomic mass is 10.2. The highest BCUT2D eigenvalue weighted by Crippen LogP contribution is 2.18. The van der Waals surface area contributed by atoms with Crippen LogP contribution in [0.25, 0.3) is 6.08 Å². The van der Waals surface area contributed by atoms with Crippen LogP contribution in [0.4, 0.5) is 5.69 Å². The molecule has 0 unspecified atom stereocenters. The fourth-order valence-electron chi connectivity index (χ4n) is 2.04. The highest BCUT2D eigenvalue weighted by atomic mass is 16.5. The van der Waals surface area contributed by atoms with Gasteiger partial charge < -0.3 is 10.1 Å². The van der Waals surface area contributed by atoms with Gasteiger partial charge in [-0.05, 0) is 42.0 Å². The van der Waals surface area contributed by atoms with E-state index in [0.29, 0.717) is 5.88 Å². The average molecular weight is 316 g/mol. The molecule has 0 spiro atoms. The van der Waals surface area contributed by atoms with Crippen LogP contribution in [0.2, 0.25) is 0 Å². The first-order chi connectivity index (χ1) is 11.8. The second-order valence-electron chi connectivity index (χ2n) is 5.03. The molecule has 0 aliphatic rings. The molecule has 4 heteroatoms. The Kier molecular flexibility index (Phi) is 5.00. The molecular weight excluding hydrogens is 300 g/mol. The summed E-state index contributed by atoms with van der Waals surface area (Å²) in [6.45, 7) is 0. The smallest absolute Gasteiger partial charge is 0.248 e. The minimum atomic E-state index is -0.189. The Labute approximate surface area is 140 Å². The topological polar surface area (TPSA) is 51.2 Å². The number of hydrogen-bond donors (Lipinski definition) is 1. The first-order valence-corrected chi connectivity index (χ1v) is 7.53. The predicted octanol–water partition coefficient (Wildman–Crippen LogP) is 4.53. The van der Waals surface area contributed by atoms with E-state index >= 15 is 0 Å². The first kappa shape index (κ1) is 15.5. The molecule has 1 amide bonds.